The van der Waals surface area contributed by atoms with E-state index in [0.717, 1.165) is 35.5 Å². The molecular formula is C23H32N4O3. The van der Waals surface area contributed by atoms with Gasteiger partial charge in [-0.1, -0.05) is 11.6 Å². The van der Waals surface area contributed by atoms with Gasteiger partial charge in [-0.3, -0.25) is 0 Å². The first-order valence-electron chi connectivity index (χ1n) is 11.1. The molecule has 2 aliphatic rings. The molecule has 0 spiro atoms. The number of aromatic nitrogens is 3. The highest BCUT2D eigenvalue weighted by Gasteiger charge is 2.33. The van der Waals surface area contributed by atoms with Crippen LogP contribution in [0.4, 0.5) is 4.79 Å². The van der Waals surface area contributed by atoms with Gasteiger partial charge in [0.05, 0.1) is 6.10 Å². The molecule has 162 valence electrons. The van der Waals surface area contributed by atoms with E-state index >= 15 is 0 Å². The highest BCUT2D eigenvalue weighted by Crippen LogP contribution is 2.35. The van der Waals surface area contributed by atoms with E-state index in [2.05, 4.69) is 17.2 Å². The first-order valence-corrected chi connectivity index (χ1v) is 11.1. The molecule has 0 saturated heterocycles. The van der Waals surface area contributed by atoms with E-state index < -0.39 is 0 Å². The van der Waals surface area contributed by atoms with Gasteiger partial charge in [0.2, 0.25) is 0 Å². The number of rotatable bonds is 7. The third-order valence-corrected chi connectivity index (χ3v) is 6.46. The lowest BCUT2D eigenvalue weighted by Gasteiger charge is -2.24. The fourth-order valence-electron chi connectivity index (χ4n) is 4.12. The number of benzene rings is 1. The van der Waals surface area contributed by atoms with Crippen LogP contribution in [0.1, 0.15) is 57.6 Å². The number of aryl methyl sites for hydroxylation is 1. The Hall–Kier alpha value is -2.57. The summed E-state index contributed by atoms with van der Waals surface area (Å²) in [5.74, 6) is 1.49. The smallest absolute Gasteiger partial charge is 0.410 e. The predicted molar refractivity (Wildman–Crippen MR) is 114 cm³/mol. The minimum Gasteiger partial charge on any atom is -0.490 e. The Kier molecular flexibility index (Phi) is 6.25. The average Bonchev–Trinajstić information content (AvgIpc) is 3.55. The van der Waals surface area contributed by atoms with Gasteiger partial charge in [0.1, 0.15) is 23.7 Å². The minimum atomic E-state index is -0.308. The van der Waals surface area contributed by atoms with Crippen molar-refractivity contribution in [3.8, 4) is 17.0 Å². The number of hydrogen-bond acceptors (Lipinski definition) is 5. The zero-order chi connectivity index (χ0) is 21.1. The molecule has 1 atom stereocenters. The number of hydrogen-bond donors (Lipinski definition) is 0. The van der Waals surface area contributed by atoms with Gasteiger partial charge in [-0.2, -0.15) is 0 Å². The monoisotopic (exact) mass is 412 g/mol. The molecule has 1 aromatic carbocycles. The fourth-order valence-corrected chi connectivity index (χ4v) is 4.12. The summed E-state index contributed by atoms with van der Waals surface area (Å²) >= 11 is 0. The third-order valence-electron chi connectivity index (χ3n) is 6.46. The quantitative estimate of drug-likeness (QED) is 0.667. The molecule has 0 radical (unpaired) electrons. The molecule has 7 heteroatoms. The lowest BCUT2D eigenvalue weighted by molar-refractivity contribution is 0.0883. The number of amides is 1. The maximum atomic E-state index is 12.4. The van der Waals surface area contributed by atoms with Crippen LogP contribution in [0.15, 0.2) is 24.3 Å². The summed E-state index contributed by atoms with van der Waals surface area (Å²) < 4.78 is 13.4. The van der Waals surface area contributed by atoms with Crippen molar-refractivity contribution in [2.24, 2.45) is 13.0 Å². The number of ether oxygens (including phenoxy) is 2. The van der Waals surface area contributed by atoms with Crippen LogP contribution in [0.3, 0.4) is 0 Å². The van der Waals surface area contributed by atoms with E-state index in [1.807, 2.05) is 31.3 Å². The lowest BCUT2D eigenvalue weighted by Crippen LogP contribution is -2.36. The summed E-state index contributed by atoms with van der Waals surface area (Å²) in [6.45, 7) is 2.21. The maximum Gasteiger partial charge on any atom is 0.410 e. The normalized spacial score (nSPS) is 18.1. The average molecular weight is 413 g/mol. The summed E-state index contributed by atoms with van der Waals surface area (Å²) in [6, 6.07) is 8.17. The number of carbonyl (C=O) groups excluding carboxylic acids is 1. The second-order valence-electron chi connectivity index (χ2n) is 8.65. The van der Waals surface area contributed by atoms with Crippen LogP contribution in [0.25, 0.3) is 11.3 Å². The molecule has 0 aliphatic heterocycles. The molecule has 1 aromatic heterocycles. The van der Waals surface area contributed by atoms with E-state index in [4.69, 9.17) is 9.47 Å². The Morgan fingerprint density at radius 3 is 2.53 bits per heavy atom. The van der Waals surface area contributed by atoms with Gasteiger partial charge < -0.3 is 14.4 Å². The van der Waals surface area contributed by atoms with Gasteiger partial charge in [0.15, 0.2) is 0 Å². The van der Waals surface area contributed by atoms with Crippen molar-refractivity contribution < 1.29 is 14.3 Å². The Labute approximate surface area is 178 Å². The van der Waals surface area contributed by atoms with E-state index in [9.17, 15) is 4.79 Å². The molecule has 2 aliphatic carbocycles. The molecule has 30 heavy (non-hydrogen) atoms. The van der Waals surface area contributed by atoms with E-state index in [1.165, 1.54) is 32.1 Å². The van der Waals surface area contributed by atoms with E-state index in [0.29, 0.717) is 12.0 Å². The van der Waals surface area contributed by atoms with Crippen LogP contribution >= 0.6 is 0 Å². The molecule has 0 N–H and O–H groups in total. The molecule has 1 amide bonds. The van der Waals surface area contributed by atoms with Crippen molar-refractivity contribution in [3.05, 3.63) is 30.0 Å². The van der Waals surface area contributed by atoms with Crippen LogP contribution < -0.4 is 4.74 Å². The molecule has 2 aromatic rings. The largest absolute Gasteiger partial charge is 0.490 e. The second-order valence-corrected chi connectivity index (χ2v) is 8.65. The summed E-state index contributed by atoms with van der Waals surface area (Å²) in [5, 5.41) is 8.43. The van der Waals surface area contributed by atoms with Crippen molar-refractivity contribution in [1.29, 1.82) is 0 Å². The molecular weight excluding hydrogens is 380 g/mol. The Morgan fingerprint density at radius 2 is 1.87 bits per heavy atom. The van der Waals surface area contributed by atoms with Crippen LogP contribution in [-0.4, -0.2) is 45.2 Å². The molecule has 1 heterocycles. The summed E-state index contributed by atoms with van der Waals surface area (Å²) in [7, 11) is 3.62. The SMILES string of the molecule is CC(C1CC1)N(C)C(=O)OCc1c(-c2ccc(OC3CCCCC3)cc2)nnn1C. The van der Waals surface area contributed by atoms with Gasteiger partial charge >= 0.3 is 6.09 Å². The van der Waals surface area contributed by atoms with Gasteiger partial charge in [0, 0.05) is 25.7 Å². The Balaban J connectivity index is 1.39. The minimum absolute atomic E-state index is 0.139. The van der Waals surface area contributed by atoms with Crippen molar-refractivity contribution in [3.63, 3.8) is 0 Å². The zero-order valence-corrected chi connectivity index (χ0v) is 18.2. The Morgan fingerprint density at radius 1 is 1.17 bits per heavy atom. The molecule has 4 rings (SSSR count). The summed E-state index contributed by atoms with van der Waals surface area (Å²) in [6.07, 6.45) is 8.48. The van der Waals surface area contributed by atoms with Gasteiger partial charge in [0.25, 0.3) is 0 Å². The van der Waals surface area contributed by atoms with Crippen molar-refractivity contribution in [2.45, 2.75) is 70.6 Å². The van der Waals surface area contributed by atoms with Crippen LogP contribution in [0.2, 0.25) is 0 Å². The first kappa shape index (κ1) is 20.7. The van der Waals surface area contributed by atoms with Gasteiger partial charge in [-0.15, -0.1) is 5.10 Å². The topological polar surface area (TPSA) is 69.5 Å². The summed E-state index contributed by atoms with van der Waals surface area (Å²) in [5.41, 5.74) is 2.44. The van der Waals surface area contributed by atoms with Gasteiger partial charge in [-0.25, -0.2) is 9.48 Å². The standard InChI is InChI=1S/C23H32N4O3/c1-16(17-9-10-17)26(2)23(28)29-15-21-22(24-25-27(21)3)18-11-13-20(14-12-18)30-19-7-5-4-6-8-19/h11-14,16-17,19H,4-10,15H2,1-3H3. The first-order chi connectivity index (χ1) is 14.5. The van der Waals surface area contributed by atoms with Gasteiger partial charge in [-0.05, 0) is 75.6 Å². The van der Waals surface area contributed by atoms with Crippen LogP contribution in [0.5, 0.6) is 5.75 Å². The van der Waals surface area contributed by atoms with E-state index in [1.54, 1.807) is 16.6 Å². The zero-order valence-electron chi connectivity index (χ0n) is 18.2. The molecule has 2 fully saturated rings. The number of nitrogens with zero attached hydrogens (tertiary/aromatic N) is 4. The highest BCUT2D eigenvalue weighted by atomic mass is 16.6. The number of carbonyl (C=O) groups is 1. The van der Waals surface area contributed by atoms with Crippen molar-refractivity contribution in [2.75, 3.05) is 7.05 Å². The maximum absolute atomic E-state index is 12.4. The Bertz CT molecular complexity index is 854. The lowest BCUT2D eigenvalue weighted by atomic mass is 9.98. The van der Waals surface area contributed by atoms with Crippen molar-refractivity contribution in [1.82, 2.24) is 19.9 Å². The molecule has 0 bridgehead atoms. The van der Waals surface area contributed by atoms with E-state index in [-0.39, 0.29) is 18.7 Å². The highest BCUT2D eigenvalue weighted by molar-refractivity contribution is 5.68. The van der Waals surface area contributed by atoms with Crippen LogP contribution in [-0.2, 0) is 18.4 Å². The second kappa shape index (κ2) is 9.06. The molecule has 1 unspecified atom stereocenters. The third kappa shape index (κ3) is 4.77. The fraction of sp³-hybridized carbons (Fsp3) is 0.609. The van der Waals surface area contributed by atoms with Crippen LogP contribution in [0, 0.1) is 5.92 Å². The van der Waals surface area contributed by atoms with Crippen molar-refractivity contribution >= 4 is 6.09 Å². The molecule has 7 nitrogen and oxygen atoms in total. The summed E-state index contributed by atoms with van der Waals surface area (Å²) in [4.78, 5) is 14.1. The predicted octanol–water partition coefficient (Wildman–Crippen LogP) is 4.56. The molecule has 2 saturated carbocycles.